The lowest BCUT2D eigenvalue weighted by atomic mass is 10.1. The number of rotatable bonds is 4. The van der Waals surface area contributed by atoms with Crippen molar-refractivity contribution >= 4 is 11.6 Å². The molecule has 0 bridgehead atoms. The predicted molar refractivity (Wildman–Crippen MR) is 80.3 cm³/mol. The van der Waals surface area contributed by atoms with Gasteiger partial charge in [-0.15, -0.1) is 0 Å². The average Bonchev–Trinajstić information content (AvgIpc) is 2.52. The minimum atomic E-state index is 0.572. The smallest absolute Gasteiger partial charge is 0.211 e. The minimum Gasteiger partial charge on any atom is -0.443 e. The van der Waals surface area contributed by atoms with E-state index in [2.05, 4.69) is 22.1 Å². The number of H-pyrrole nitrogens is 2. The zero-order chi connectivity index (χ0) is 14.5. The Morgan fingerprint density at radius 2 is 1.57 bits per heavy atom. The van der Waals surface area contributed by atoms with Crippen LogP contribution in [0.15, 0.2) is 67.3 Å². The summed E-state index contributed by atoms with van der Waals surface area (Å²) >= 11 is 6.13. The van der Waals surface area contributed by atoms with Crippen LogP contribution in [-0.2, 0) is 6.42 Å². The van der Waals surface area contributed by atoms with Gasteiger partial charge in [-0.05, 0) is 5.56 Å². The van der Waals surface area contributed by atoms with Gasteiger partial charge < -0.3 is 4.74 Å². The molecule has 2 heterocycles. The zero-order valence-electron chi connectivity index (χ0n) is 11.3. The number of nitrogens with one attached hydrogen (secondary N) is 2. The normalized spacial score (nSPS) is 10.3. The van der Waals surface area contributed by atoms with E-state index in [-0.39, 0.29) is 0 Å². The van der Waals surface area contributed by atoms with Crippen molar-refractivity contribution in [1.29, 1.82) is 0 Å². The molecule has 0 fully saturated rings. The fraction of sp³-hybridized carbons (Fsp3) is 0.0588. The van der Waals surface area contributed by atoms with E-state index in [9.17, 15) is 0 Å². The van der Waals surface area contributed by atoms with Crippen LogP contribution in [0.2, 0.25) is 5.02 Å². The highest BCUT2D eigenvalue weighted by molar-refractivity contribution is 6.31. The van der Waals surface area contributed by atoms with Crippen molar-refractivity contribution in [3.63, 3.8) is 0 Å². The van der Waals surface area contributed by atoms with E-state index in [0.29, 0.717) is 10.8 Å². The average molecular weight is 299 g/mol. The monoisotopic (exact) mass is 298 g/mol. The molecule has 21 heavy (non-hydrogen) atoms. The maximum Gasteiger partial charge on any atom is 0.211 e. The summed E-state index contributed by atoms with van der Waals surface area (Å²) in [6.45, 7) is 0. The van der Waals surface area contributed by atoms with Crippen LogP contribution in [-0.4, -0.2) is 0 Å². The van der Waals surface area contributed by atoms with E-state index in [1.54, 1.807) is 18.5 Å². The third-order valence-corrected chi connectivity index (χ3v) is 3.46. The summed E-state index contributed by atoms with van der Waals surface area (Å²) in [7, 11) is 0. The molecule has 0 spiro atoms. The maximum absolute atomic E-state index is 6.13. The molecule has 0 aliphatic carbocycles. The lowest BCUT2D eigenvalue weighted by molar-refractivity contribution is -0.380. The largest absolute Gasteiger partial charge is 0.443 e. The molecule has 0 atom stereocenters. The predicted octanol–water partition coefficient (Wildman–Crippen LogP) is 3.35. The van der Waals surface area contributed by atoms with E-state index in [4.69, 9.17) is 16.3 Å². The lowest BCUT2D eigenvalue weighted by Crippen LogP contribution is -2.05. The molecule has 0 saturated heterocycles. The summed E-state index contributed by atoms with van der Waals surface area (Å²) < 4.78 is 5.92. The molecule has 2 aromatic heterocycles. The van der Waals surface area contributed by atoms with Crippen LogP contribution in [0.4, 0.5) is 0 Å². The quantitative estimate of drug-likeness (QED) is 0.728. The fourth-order valence-corrected chi connectivity index (χ4v) is 2.25. The Kier molecular flexibility index (Phi) is 4.12. The molecule has 1 aromatic carbocycles. The Bertz CT molecular complexity index is 732. The van der Waals surface area contributed by atoms with E-state index >= 15 is 0 Å². The summed E-state index contributed by atoms with van der Waals surface area (Å²) in [5, 5.41) is 0.572. The first kappa shape index (κ1) is 13.6. The summed E-state index contributed by atoms with van der Waals surface area (Å²) in [6, 6.07) is 14.1. The van der Waals surface area contributed by atoms with E-state index in [1.807, 2.05) is 36.7 Å². The summed E-state index contributed by atoms with van der Waals surface area (Å²) in [5.74, 6) is 1.37. The van der Waals surface area contributed by atoms with Crippen molar-refractivity contribution in [2.24, 2.45) is 0 Å². The number of benzene rings is 1. The molecule has 4 heteroatoms. The lowest BCUT2D eigenvalue weighted by Gasteiger charge is -2.08. The van der Waals surface area contributed by atoms with E-state index < -0.39 is 0 Å². The molecule has 0 radical (unpaired) electrons. The highest BCUT2D eigenvalue weighted by Gasteiger charge is 2.12. The number of aromatic amines is 2. The first-order valence-electron chi connectivity index (χ1n) is 6.69. The SMILES string of the molecule is Clc1cc[nH+]cc1Oc1c[nH+]ccc1Cc1ccccc1. The number of aromatic nitrogens is 2. The van der Waals surface area contributed by atoms with Gasteiger partial charge >= 0.3 is 0 Å². The van der Waals surface area contributed by atoms with Gasteiger partial charge in [0.15, 0.2) is 18.1 Å². The van der Waals surface area contributed by atoms with Crippen LogP contribution in [0.1, 0.15) is 11.1 Å². The number of halogens is 1. The summed E-state index contributed by atoms with van der Waals surface area (Å²) in [6.07, 6.45) is 8.03. The number of ether oxygens (including phenoxy) is 1. The summed E-state index contributed by atoms with van der Waals surface area (Å²) in [5.41, 5.74) is 2.33. The van der Waals surface area contributed by atoms with Crippen molar-refractivity contribution in [3.05, 3.63) is 83.4 Å². The first-order valence-corrected chi connectivity index (χ1v) is 7.07. The Morgan fingerprint density at radius 1 is 0.857 bits per heavy atom. The molecule has 3 aromatic rings. The Balaban J connectivity index is 1.88. The Morgan fingerprint density at radius 3 is 2.33 bits per heavy atom. The number of hydrogen-bond acceptors (Lipinski definition) is 1. The zero-order valence-corrected chi connectivity index (χ0v) is 12.1. The van der Waals surface area contributed by atoms with E-state index in [0.717, 1.165) is 17.7 Å². The molecule has 0 aliphatic heterocycles. The van der Waals surface area contributed by atoms with Gasteiger partial charge in [0.05, 0.1) is 5.02 Å². The van der Waals surface area contributed by atoms with Gasteiger partial charge in [0.2, 0.25) is 18.1 Å². The number of hydrogen-bond donors (Lipinski definition) is 0. The van der Waals surface area contributed by atoms with Crippen LogP contribution >= 0.6 is 11.6 Å². The summed E-state index contributed by atoms with van der Waals surface area (Å²) in [4.78, 5) is 6.02. The molecule has 2 N–H and O–H groups in total. The van der Waals surface area contributed by atoms with Crippen LogP contribution in [0.25, 0.3) is 0 Å². The second-order valence-electron chi connectivity index (χ2n) is 4.65. The third kappa shape index (κ3) is 3.38. The molecular formula is C17H15ClN2O+2. The van der Waals surface area contributed by atoms with Crippen molar-refractivity contribution in [2.75, 3.05) is 0 Å². The van der Waals surface area contributed by atoms with E-state index in [1.165, 1.54) is 5.56 Å². The highest BCUT2D eigenvalue weighted by Crippen LogP contribution is 2.29. The molecule has 0 aliphatic rings. The molecule has 0 amide bonds. The van der Waals surface area contributed by atoms with Crippen LogP contribution in [0.5, 0.6) is 11.5 Å². The van der Waals surface area contributed by atoms with Crippen molar-refractivity contribution < 1.29 is 14.7 Å². The first-order chi connectivity index (χ1) is 10.3. The van der Waals surface area contributed by atoms with Crippen LogP contribution < -0.4 is 14.7 Å². The number of pyridine rings is 2. The van der Waals surface area contributed by atoms with Gasteiger partial charge in [-0.1, -0.05) is 41.9 Å². The fourth-order valence-electron chi connectivity index (χ4n) is 2.10. The topological polar surface area (TPSA) is 37.5 Å². The van der Waals surface area contributed by atoms with Gasteiger partial charge in [0.25, 0.3) is 0 Å². The van der Waals surface area contributed by atoms with Crippen molar-refractivity contribution in [1.82, 2.24) is 0 Å². The van der Waals surface area contributed by atoms with Crippen LogP contribution in [0.3, 0.4) is 0 Å². The van der Waals surface area contributed by atoms with Gasteiger partial charge in [-0.3, -0.25) is 0 Å². The molecule has 0 saturated carbocycles. The molecule has 0 unspecified atom stereocenters. The molecule has 3 rings (SSSR count). The van der Waals surface area contributed by atoms with Gasteiger partial charge in [-0.2, -0.15) is 0 Å². The molecule has 3 nitrogen and oxygen atoms in total. The Labute approximate surface area is 128 Å². The third-order valence-electron chi connectivity index (χ3n) is 3.14. The molecule has 104 valence electrons. The van der Waals surface area contributed by atoms with Gasteiger partial charge in [0, 0.05) is 24.1 Å². The van der Waals surface area contributed by atoms with Gasteiger partial charge in [-0.25, -0.2) is 9.97 Å². The second kappa shape index (κ2) is 6.37. The van der Waals surface area contributed by atoms with Crippen molar-refractivity contribution in [3.8, 4) is 11.5 Å². The highest BCUT2D eigenvalue weighted by atomic mass is 35.5. The molecular weight excluding hydrogens is 284 g/mol. The van der Waals surface area contributed by atoms with Crippen LogP contribution in [0, 0.1) is 0 Å². The second-order valence-corrected chi connectivity index (χ2v) is 5.06. The van der Waals surface area contributed by atoms with Gasteiger partial charge in [0.1, 0.15) is 0 Å². The minimum absolute atomic E-state index is 0.572. The van der Waals surface area contributed by atoms with Crippen molar-refractivity contribution in [2.45, 2.75) is 6.42 Å². The Hall–Kier alpha value is -2.39. The standard InChI is InChI=1S/C17H13ClN2O/c18-15-7-9-20-12-17(15)21-16-11-19-8-6-14(16)10-13-4-2-1-3-5-13/h1-9,11-12H,10H2/p+2. The maximum atomic E-state index is 6.13.